The molecule has 0 spiro atoms. The van der Waals surface area contributed by atoms with Gasteiger partial charge in [0.25, 0.3) is 10.0 Å². The van der Waals surface area contributed by atoms with Gasteiger partial charge in [-0.25, -0.2) is 12.8 Å². The number of ether oxygens (including phenoxy) is 1. The van der Waals surface area contributed by atoms with Crippen molar-refractivity contribution in [3.05, 3.63) is 125 Å². The highest BCUT2D eigenvalue weighted by molar-refractivity contribution is 7.92. The number of sulfonamides is 1. The van der Waals surface area contributed by atoms with Crippen LogP contribution in [0.25, 0.3) is 0 Å². The summed E-state index contributed by atoms with van der Waals surface area (Å²) in [5.41, 5.74) is 1.61. The molecule has 0 saturated heterocycles. The van der Waals surface area contributed by atoms with Gasteiger partial charge in [0.15, 0.2) is 0 Å². The van der Waals surface area contributed by atoms with Gasteiger partial charge in [-0.15, -0.1) is 0 Å². The average Bonchev–Trinajstić information content (AvgIpc) is 3.06. The van der Waals surface area contributed by atoms with Gasteiger partial charge in [0.1, 0.15) is 24.2 Å². The molecule has 1 N–H and O–H groups in total. The smallest absolute Gasteiger partial charge is 0.264 e. The summed E-state index contributed by atoms with van der Waals surface area (Å²) in [6.07, 6.45) is 0.858. The van der Waals surface area contributed by atoms with Crippen LogP contribution in [0, 0.1) is 5.82 Å². The van der Waals surface area contributed by atoms with E-state index in [4.69, 9.17) is 16.3 Å². The summed E-state index contributed by atoms with van der Waals surface area (Å²) in [5, 5.41) is 3.25. The van der Waals surface area contributed by atoms with Crippen LogP contribution >= 0.6 is 11.6 Å². The first-order valence-electron chi connectivity index (χ1n) is 15.0. The molecule has 0 bridgehead atoms. The average molecular weight is 666 g/mol. The van der Waals surface area contributed by atoms with Crippen LogP contribution < -0.4 is 14.4 Å². The van der Waals surface area contributed by atoms with E-state index in [1.165, 1.54) is 53.4 Å². The monoisotopic (exact) mass is 665 g/mol. The summed E-state index contributed by atoms with van der Waals surface area (Å²) in [6, 6.07) is 25.9. The normalized spacial score (nSPS) is 11.8. The molecule has 4 aromatic rings. The van der Waals surface area contributed by atoms with Gasteiger partial charge in [0.05, 0.1) is 17.2 Å². The summed E-state index contributed by atoms with van der Waals surface area (Å²) in [6.45, 7) is 3.89. The first kappa shape index (κ1) is 34.5. The zero-order valence-corrected chi connectivity index (χ0v) is 27.3. The summed E-state index contributed by atoms with van der Waals surface area (Å²) in [4.78, 5) is 29.4. The Bertz CT molecular complexity index is 1690. The van der Waals surface area contributed by atoms with E-state index in [2.05, 4.69) is 5.32 Å². The number of carbonyl (C=O) groups excluding carboxylic acids is 2. The number of amides is 2. The van der Waals surface area contributed by atoms with Crippen LogP contribution in [-0.4, -0.2) is 50.9 Å². The van der Waals surface area contributed by atoms with Crippen LogP contribution in [0.2, 0.25) is 5.02 Å². The highest BCUT2D eigenvalue weighted by Gasteiger charge is 2.34. The van der Waals surface area contributed by atoms with E-state index in [-0.39, 0.29) is 29.5 Å². The van der Waals surface area contributed by atoms with Crippen molar-refractivity contribution in [1.82, 2.24) is 10.2 Å². The second-order valence-electron chi connectivity index (χ2n) is 10.5. The number of anilines is 1. The molecule has 4 aromatic carbocycles. The lowest BCUT2D eigenvalue weighted by Gasteiger charge is -2.34. The Morgan fingerprint density at radius 2 is 1.52 bits per heavy atom. The zero-order chi connectivity index (χ0) is 33.1. The van der Waals surface area contributed by atoms with Crippen molar-refractivity contribution < 1.29 is 27.1 Å². The highest BCUT2D eigenvalue weighted by Crippen LogP contribution is 2.28. The summed E-state index contributed by atoms with van der Waals surface area (Å²) < 4.78 is 48.6. The SMILES string of the molecule is CCCNC(=O)C(Cc1ccccc1)N(Cc1ccc(F)cc1)C(=O)CN(c1ccc(OCC)cc1)S(=O)(=O)c1ccc(Cl)cc1. The van der Waals surface area contributed by atoms with Crippen molar-refractivity contribution in [1.29, 1.82) is 0 Å². The predicted molar refractivity (Wildman–Crippen MR) is 178 cm³/mol. The molecule has 0 aliphatic carbocycles. The molecule has 0 radical (unpaired) electrons. The largest absolute Gasteiger partial charge is 0.494 e. The standard InChI is InChI=1S/C35H37ClFN3O5S/c1-3-22-38-35(42)33(23-26-8-6-5-7-9-26)39(24-27-10-14-29(37)15-11-27)34(41)25-40(30-16-18-31(19-17-30)45-4-2)46(43,44)32-20-12-28(36)13-21-32/h5-21,33H,3-4,22-25H2,1-2H3,(H,38,42). The van der Waals surface area contributed by atoms with Gasteiger partial charge in [0.2, 0.25) is 11.8 Å². The first-order chi connectivity index (χ1) is 22.1. The minimum absolute atomic E-state index is 0.0612. The van der Waals surface area contributed by atoms with Crippen molar-refractivity contribution in [2.75, 3.05) is 24.0 Å². The Morgan fingerprint density at radius 1 is 0.870 bits per heavy atom. The van der Waals surface area contributed by atoms with Crippen LogP contribution in [-0.2, 0) is 32.6 Å². The van der Waals surface area contributed by atoms with Crippen molar-refractivity contribution in [3.8, 4) is 5.75 Å². The lowest BCUT2D eigenvalue weighted by Crippen LogP contribution is -2.53. The summed E-state index contributed by atoms with van der Waals surface area (Å²) >= 11 is 6.04. The second kappa shape index (κ2) is 16.2. The quantitative estimate of drug-likeness (QED) is 0.162. The minimum atomic E-state index is -4.29. The molecule has 0 heterocycles. The van der Waals surface area contributed by atoms with E-state index in [0.717, 1.165) is 9.87 Å². The maximum atomic E-state index is 14.4. The first-order valence-corrected chi connectivity index (χ1v) is 16.8. The molecule has 1 atom stereocenters. The molecule has 4 rings (SSSR count). The van der Waals surface area contributed by atoms with Gasteiger partial charge in [-0.3, -0.25) is 13.9 Å². The molecule has 0 aromatic heterocycles. The lowest BCUT2D eigenvalue weighted by molar-refractivity contribution is -0.140. The van der Waals surface area contributed by atoms with E-state index in [1.54, 1.807) is 24.3 Å². The van der Waals surface area contributed by atoms with Gasteiger partial charge in [-0.1, -0.05) is 61.0 Å². The van der Waals surface area contributed by atoms with E-state index < -0.39 is 34.3 Å². The van der Waals surface area contributed by atoms with Gasteiger partial charge >= 0.3 is 0 Å². The Labute approximate surface area is 274 Å². The third kappa shape index (κ3) is 9.08. The molecular formula is C35H37ClFN3O5S. The lowest BCUT2D eigenvalue weighted by atomic mass is 10.0. The fraction of sp³-hybridized carbons (Fsp3) is 0.257. The number of nitrogens with zero attached hydrogens (tertiary/aromatic N) is 2. The predicted octanol–water partition coefficient (Wildman–Crippen LogP) is 6.24. The Hall–Kier alpha value is -4.41. The van der Waals surface area contributed by atoms with Gasteiger partial charge in [-0.05, 0) is 85.1 Å². The van der Waals surface area contributed by atoms with E-state index in [1.807, 2.05) is 44.2 Å². The molecule has 11 heteroatoms. The Kier molecular flexibility index (Phi) is 12.2. The van der Waals surface area contributed by atoms with Crippen LogP contribution in [0.15, 0.2) is 108 Å². The summed E-state index contributed by atoms with van der Waals surface area (Å²) in [7, 11) is -4.29. The van der Waals surface area contributed by atoms with Gasteiger partial charge < -0.3 is 15.0 Å². The Balaban J connectivity index is 1.79. The highest BCUT2D eigenvalue weighted by atomic mass is 35.5. The fourth-order valence-corrected chi connectivity index (χ4v) is 6.38. The topological polar surface area (TPSA) is 96.0 Å². The maximum absolute atomic E-state index is 14.4. The zero-order valence-electron chi connectivity index (χ0n) is 25.7. The van der Waals surface area contributed by atoms with Gasteiger partial charge in [0, 0.05) is 24.5 Å². The Morgan fingerprint density at radius 3 is 2.13 bits per heavy atom. The molecule has 2 amide bonds. The fourth-order valence-electron chi connectivity index (χ4n) is 4.84. The van der Waals surface area contributed by atoms with Crippen molar-refractivity contribution in [3.63, 3.8) is 0 Å². The number of halogens is 2. The third-order valence-electron chi connectivity index (χ3n) is 7.20. The van der Waals surface area contributed by atoms with Crippen LogP contribution in [0.1, 0.15) is 31.4 Å². The molecule has 0 saturated carbocycles. The molecule has 242 valence electrons. The van der Waals surface area contributed by atoms with E-state index in [9.17, 15) is 22.4 Å². The molecule has 46 heavy (non-hydrogen) atoms. The van der Waals surface area contributed by atoms with Crippen LogP contribution in [0.4, 0.5) is 10.1 Å². The van der Waals surface area contributed by atoms with E-state index in [0.29, 0.717) is 35.9 Å². The summed E-state index contributed by atoms with van der Waals surface area (Å²) in [5.74, 6) is -0.911. The molecule has 0 aliphatic rings. The molecule has 1 unspecified atom stereocenters. The molecular weight excluding hydrogens is 629 g/mol. The van der Waals surface area contributed by atoms with Gasteiger partial charge in [-0.2, -0.15) is 0 Å². The number of benzene rings is 4. The number of rotatable bonds is 15. The second-order valence-corrected chi connectivity index (χ2v) is 12.8. The number of hydrogen-bond donors (Lipinski definition) is 1. The van der Waals surface area contributed by atoms with Crippen molar-refractivity contribution >= 4 is 39.1 Å². The maximum Gasteiger partial charge on any atom is 0.264 e. The third-order valence-corrected chi connectivity index (χ3v) is 9.24. The van der Waals surface area contributed by atoms with Crippen LogP contribution in [0.3, 0.4) is 0 Å². The number of carbonyl (C=O) groups is 2. The van der Waals surface area contributed by atoms with Crippen molar-refractivity contribution in [2.45, 2.75) is 44.2 Å². The van der Waals surface area contributed by atoms with Crippen molar-refractivity contribution in [2.24, 2.45) is 0 Å². The van der Waals surface area contributed by atoms with Crippen LogP contribution in [0.5, 0.6) is 5.75 Å². The molecule has 8 nitrogen and oxygen atoms in total. The minimum Gasteiger partial charge on any atom is -0.494 e. The number of nitrogens with one attached hydrogen (secondary N) is 1. The number of hydrogen-bond acceptors (Lipinski definition) is 5. The van der Waals surface area contributed by atoms with E-state index >= 15 is 0 Å². The molecule has 0 fully saturated rings. The molecule has 0 aliphatic heterocycles.